The number of piperidine rings is 1. The molecule has 3 fully saturated rings. The molecule has 7 nitrogen and oxygen atoms in total. The zero-order valence-electron chi connectivity index (χ0n) is 18.9. The Bertz CT molecular complexity index is 1040. The Kier molecular flexibility index (Phi) is 6.31. The van der Waals surface area contributed by atoms with Gasteiger partial charge in [0.1, 0.15) is 11.6 Å². The van der Waals surface area contributed by atoms with Gasteiger partial charge < -0.3 is 10.1 Å². The Labute approximate surface area is 197 Å². The van der Waals surface area contributed by atoms with Gasteiger partial charge in [0.15, 0.2) is 5.54 Å². The molecule has 4 heterocycles. The monoisotopic (exact) mass is 470 g/mol. The zero-order valence-corrected chi connectivity index (χ0v) is 18.9. The summed E-state index contributed by atoms with van der Waals surface area (Å²) in [6.45, 7) is 2.57. The number of carbonyl (C=O) groups is 2. The Morgan fingerprint density at radius 2 is 1.85 bits per heavy atom. The highest BCUT2D eigenvalue weighted by Gasteiger charge is 2.58. The first-order valence-electron chi connectivity index (χ1n) is 11.8. The van der Waals surface area contributed by atoms with Crippen LogP contribution in [0.15, 0.2) is 42.6 Å². The van der Waals surface area contributed by atoms with Crippen LogP contribution in [0.3, 0.4) is 0 Å². The number of hydrogen-bond donors (Lipinski definition) is 1. The fourth-order valence-corrected chi connectivity index (χ4v) is 5.49. The van der Waals surface area contributed by atoms with Gasteiger partial charge in [-0.1, -0.05) is 6.07 Å². The van der Waals surface area contributed by atoms with E-state index in [2.05, 4.69) is 15.2 Å². The highest BCUT2D eigenvalue weighted by atomic mass is 19.1. The number of ether oxygens (including phenoxy) is 1. The molecule has 1 N–H and O–H groups in total. The van der Waals surface area contributed by atoms with Crippen LogP contribution in [0, 0.1) is 17.6 Å². The fourth-order valence-electron chi connectivity index (χ4n) is 5.49. The third-order valence-corrected chi connectivity index (χ3v) is 7.14. The second kappa shape index (κ2) is 9.38. The summed E-state index contributed by atoms with van der Waals surface area (Å²) in [5, 5.41) is 3.01. The van der Waals surface area contributed by atoms with Crippen LogP contribution in [-0.4, -0.2) is 59.1 Å². The number of likely N-dealkylation sites (tertiary alicyclic amines) is 1. The minimum Gasteiger partial charge on any atom is -0.376 e. The van der Waals surface area contributed by atoms with Gasteiger partial charge in [-0.3, -0.25) is 19.6 Å². The number of urea groups is 1. The first-order chi connectivity index (χ1) is 16.5. The smallest absolute Gasteiger partial charge is 0.325 e. The summed E-state index contributed by atoms with van der Waals surface area (Å²) in [5.41, 5.74) is -0.120. The molecule has 0 unspecified atom stereocenters. The number of carbonyl (C=O) groups excluding carboxylic acids is 2. The van der Waals surface area contributed by atoms with Crippen molar-refractivity contribution in [2.24, 2.45) is 5.92 Å². The maximum Gasteiger partial charge on any atom is 0.325 e. The van der Waals surface area contributed by atoms with Gasteiger partial charge in [0.2, 0.25) is 0 Å². The van der Waals surface area contributed by atoms with E-state index in [-0.39, 0.29) is 24.5 Å². The van der Waals surface area contributed by atoms with Gasteiger partial charge in [0, 0.05) is 25.4 Å². The highest BCUT2D eigenvalue weighted by molar-refractivity contribution is 6.07. The van der Waals surface area contributed by atoms with E-state index >= 15 is 0 Å². The molecule has 9 heteroatoms. The first kappa shape index (κ1) is 22.9. The average molecular weight is 471 g/mol. The van der Waals surface area contributed by atoms with Crippen molar-refractivity contribution in [3.8, 4) is 0 Å². The summed E-state index contributed by atoms with van der Waals surface area (Å²) >= 11 is 0. The number of pyridine rings is 1. The molecule has 0 aliphatic carbocycles. The van der Waals surface area contributed by atoms with E-state index in [1.54, 1.807) is 18.3 Å². The molecule has 180 valence electrons. The molecule has 1 aromatic heterocycles. The van der Waals surface area contributed by atoms with Crippen LogP contribution in [0.5, 0.6) is 0 Å². The van der Waals surface area contributed by atoms with E-state index in [1.165, 1.54) is 17.0 Å². The van der Waals surface area contributed by atoms with Crippen molar-refractivity contribution in [3.63, 3.8) is 0 Å². The molecule has 0 spiro atoms. The van der Waals surface area contributed by atoms with Crippen molar-refractivity contribution in [1.82, 2.24) is 20.1 Å². The fraction of sp³-hybridized carbons (Fsp3) is 0.480. The Morgan fingerprint density at radius 3 is 2.50 bits per heavy atom. The van der Waals surface area contributed by atoms with Gasteiger partial charge in [-0.15, -0.1) is 0 Å². The van der Waals surface area contributed by atoms with E-state index in [0.29, 0.717) is 50.3 Å². The lowest BCUT2D eigenvalue weighted by Gasteiger charge is -2.40. The van der Waals surface area contributed by atoms with E-state index in [0.717, 1.165) is 18.9 Å². The van der Waals surface area contributed by atoms with Crippen LogP contribution in [0.25, 0.3) is 0 Å². The predicted molar refractivity (Wildman–Crippen MR) is 119 cm³/mol. The summed E-state index contributed by atoms with van der Waals surface area (Å²) in [6.07, 6.45) is 4.51. The maximum atomic E-state index is 13.8. The molecule has 1 aromatic carbocycles. The lowest BCUT2D eigenvalue weighted by atomic mass is 9.75. The number of nitrogens with zero attached hydrogens (tertiary/aromatic N) is 3. The minimum absolute atomic E-state index is 0.136. The van der Waals surface area contributed by atoms with Crippen molar-refractivity contribution >= 4 is 11.9 Å². The van der Waals surface area contributed by atoms with Crippen molar-refractivity contribution in [3.05, 3.63) is 65.5 Å². The molecule has 34 heavy (non-hydrogen) atoms. The van der Waals surface area contributed by atoms with Crippen LogP contribution in [-0.2, 0) is 21.6 Å². The lowest BCUT2D eigenvalue weighted by molar-refractivity contribution is -0.135. The summed E-state index contributed by atoms with van der Waals surface area (Å²) in [5.74, 6) is -1.62. The van der Waals surface area contributed by atoms with Crippen LogP contribution >= 0.6 is 0 Å². The molecule has 2 atom stereocenters. The Morgan fingerprint density at radius 1 is 1.09 bits per heavy atom. The Hall–Kier alpha value is -2.91. The Balaban J connectivity index is 1.35. The molecule has 0 saturated carbocycles. The minimum atomic E-state index is -1.23. The normalized spacial score (nSPS) is 26.3. The van der Waals surface area contributed by atoms with Crippen LogP contribution in [0.1, 0.15) is 36.9 Å². The van der Waals surface area contributed by atoms with Gasteiger partial charge in [0.25, 0.3) is 5.91 Å². The predicted octanol–water partition coefficient (Wildman–Crippen LogP) is 3.20. The third-order valence-electron chi connectivity index (χ3n) is 7.14. The van der Waals surface area contributed by atoms with Gasteiger partial charge in [-0.25, -0.2) is 13.6 Å². The second-order valence-corrected chi connectivity index (χ2v) is 9.33. The van der Waals surface area contributed by atoms with Gasteiger partial charge in [0.05, 0.1) is 18.3 Å². The zero-order chi connectivity index (χ0) is 23.7. The average Bonchev–Trinajstić information content (AvgIpc) is 3.42. The number of rotatable bonds is 6. The van der Waals surface area contributed by atoms with Gasteiger partial charge >= 0.3 is 6.03 Å². The topological polar surface area (TPSA) is 74.8 Å². The molecule has 3 amide bonds. The number of halogens is 2. The van der Waals surface area contributed by atoms with Gasteiger partial charge in [-0.05, 0) is 74.5 Å². The van der Waals surface area contributed by atoms with Crippen molar-refractivity contribution in [1.29, 1.82) is 0 Å². The standard InChI is InChI=1S/C25H28F2N4O3/c26-19-12-17(13-20(27)14-19)15-30-9-6-18(7-10-30)25(22-5-1-2-8-28-22)23(32)31(24(33)29-25)16-21-4-3-11-34-21/h1-2,5,8,12-14,18,21H,3-4,6-7,9-11,15-16H2,(H,29,33)/t21-,25-/m1/s1. The summed E-state index contributed by atoms with van der Waals surface area (Å²) in [7, 11) is 0. The lowest BCUT2D eigenvalue weighted by Crippen LogP contribution is -2.54. The number of hydrogen-bond acceptors (Lipinski definition) is 5. The van der Waals surface area contributed by atoms with E-state index in [9.17, 15) is 18.4 Å². The summed E-state index contributed by atoms with van der Waals surface area (Å²) in [4.78, 5) is 34.7. The first-order valence-corrected chi connectivity index (χ1v) is 11.8. The van der Waals surface area contributed by atoms with E-state index in [1.807, 2.05) is 6.07 Å². The molecule has 3 aliphatic rings. The molecule has 0 bridgehead atoms. The quantitative estimate of drug-likeness (QED) is 0.657. The highest BCUT2D eigenvalue weighted by Crippen LogP contribution is 2.41. The SMILES string of the molecule is O=C1N[C@@](c2ccccn2)(C2CCN(Cc3cc(F)cc(F)c3)CC2)C(=O)N1C[C@H]1CCCO1. The van der Waals surface area contributed by atoms with Gasteiger partial charge in [-0.2, -0.15) is 0 Å². The van der Waals surface area contributed by atoms with Crippen LogP contribution < -0.4 is 5.32 Å². The molecular formula is C25H28F2N4O3. The second-order valence-electron chi connectivity index (χ2n) is 9.33. The molecule has 2 aromatic rings. The van der Waals surface area contributed by atoms with E-state index in [4.69, 9.17) is 4.74 Å². The summed E-state index contributed by atoms with van der Waals surface area (Å²) < 4.78 is 32.9. The third kappa shape index (κ3) is 4.30. The largest absolute Gasteiger partial charge is 0.376 e. The van der Waals surface area contributed by atoms with Crippen LogP contribution in [0.4, 0.5) is 13.6 Å². The van der Waals surface area contributed by atoms with E-state index < -0.39 is 23.2 Å². The van der Waals surface area contributed by atoms with Crippen molar-refractivity contribution in [2.75, 3.05) is 26.2 Å². The molecule has 5 rings (SSSR count). The number of benzene rings is 1. The molecule has 3 aliphatic heterocycles. The number of amides is 3. The van der Waals surface area contributed by atoms with Crippen molar-refractivity contribution < 1.29 is 23.1 Å². The summed E-state index contributed by atoms with van der Waals surface area (Å²) in [6, 6.07) is 8.52. The number of aromatic nitrogens is 1. The molecular weight excluding hydrogens is 442 g/mol. The van der Waals surface area contributed by atoms with Crippen molar-refractivity contribution in [2.45, 2.75) is 43.9 Å². The molecule has 0 radical (unpaired) electrons. The molecule has 3 saturated heterocycles. The maximum absolute atomic E-state index is 13.8. The van der Waals surface area contributed by atoms with Crippen LogP contribution in [0.2, 0.25) is 0 Å². The number of imide groups is 1. The number of nitrogens with one attached hydrogen (secondary N) is 1.